The Labute approximate surface area is 291 Å². The number of piperazine rings is 1. The summed E-state index contributed by atoms with van der Waals surface area (Å²) in [4.78, 5) is 36.0. The van der Waals surface area contributed by atoms with Crippen LogP contribution in [0.15, 0.2) is 54.9 Å². The summed E-state index contributed by atoms with van der Waals surface area (Å²) in [6.45, 7) is 11.3. The van der Waals surface area contributed by atoms with E-state index in [0.29, 0.717) is 73.4 Å². The molecule has 0 bridgehead atoms. The zero-order valence-corrected chi connectivity index (χ0v) is 29.2. The van der Waals surface area contributed by atoms with Crippen LogP contribution in [-0.2, 0) is 20.6 Å². The summed E-state index contributed by atoms with van der Waals surface area (Å²) >= 11 is 0. The predicted molar refractivity (Wildman–Crippen MR) is 189 cm³/mol. The van der Waals surface area contributed by atoms with Crippen molar-refractivity contribution < 1.29 is 28.0 Å². The molecule has 3 aliphatic rings. The van der Waals surface area contributed by atoms with E-state index in [0.717, 1.165) is 11.4 Å². The standard InChI is InChI=1S/C36H43BFN7O5/c1-35(2)36(3,4)50-37(49-35)27-21-25(24-9-8-14-44(23-24)31(46)12-15-45-16-13-39-41-45)32(38)33-26(27)22-28(40-33)34(47)43-19-17-42(18-20-43)29-10-6-7-11-30(29)48-5/h6-7,9-11,13,16,21-22,40H,8,12,14-15,17-20,23H2,1-5H3. The number of carbonyl (C=O) groups excluding carboxylic acids is 2. The number of halogens is 1. The minimum Gasteiger partial charge on any atom is -0.495 e. The highest BCUT2D eigenvalue weighted by Gasteiger charge is 2.52. The van der Waals surface area contributed by atoms with Gasteiger partial charge in [0, 0.05) is 62.8 Å². The molecule has 1 N–H and O–H groups in total. The van der Waals surface area contributed by atoms with E-state index in [1.54, 1.807) is 46.1 Å². The number of H-pyrrole nitrogens is 1. The number of ether oxygens (including phenoxy) is 1. The van der Waals surface area contributed by atoms with E-state index in [4.69, 9.17) is 14.0 Å². The zero-order valence-electron chi connectivity index (χ0n) is 29.2. The fourth-order valence-corrected chi connectivity index (χ4v) is 6.88. The van der Waals surface area contributed by atoms with E-state index in [9.17, 15) is 9.59 Å². The number of aryl methyl sites for hydroxylation is 1. The second-order valence-corrected chi connectivity index (χ2v) is 14.1. The van der Waals surface area contributed by atoms with Crippen LogP contribution in [0.25, 0.3) is 16.5 Å². The number of rotatable bonds is 8. The zero-order chi connectivity index (χ0) is 35.2. The molecule has 0 spiro atoms. The third-order valence-electron chi connectivity index (χ3n) is 10.5. The third kappa shape index (κ3) is 6.26. The number of carbonyl (C=O) groups is 2. The van der Waals surface area contributed by atoms with E-state index < -0.39 is 24.1 Å². The molecule has 262 valence electrons. The predicted octanol–water partition coefficient (Wildman–Crippen LogP) is 3.87. The second kappa shape index (κ2) is 13.2. The van der Waals surface area contributed by atoms with Crippen molar-refractivity contribution in [2.75, 3.05) is 51.3 Å². The van der Waals surface area contributed by atoms with Crippen molar-refractivity contribution in [1.29, 1.82) is 0 Å². The molecule has 2 fully saturated rings. The summed E-state index contributed by atoms with van der Waals surface area (Å²) in [7, 11) is 0.856. The average molecular weight is 684 g/mol. The van der Waals surface area contributed by atoms with Crippen LogP contribution in [0.5, 0.6) is 5.75 Å². The van der Waals surface area contributed by atoms with Crippen LogP contribution in [0.3, 0.4) is 0 Å². The average Bonchev–Trinajstić information content (AvgIpc) is 3.85. The van der Waals surface area contributed by atoms with E-state index in [1.807, 2.05) is 58.0 Å². The molecule has 2 amide bonds. The van der Waals surface area contributed by atoms with Gasteiger partial charge >= 0.3 is 7.12 Å². The SMILES string of the molecule is COc1ccccc1N1CCN(C(=O)c2cc3c(B4OC(C)(C)C(C)(C)O4)cc(C4=CCCN(C(=O)CCn5ccnn5)C4)c(F)c3[nH]2)CC1. The molecular weight excluding hydrogens is 640 g/mol. The lowest BCUT2D eigenvalue weighted by atomic mass is 9.75. The summed E-state index contributed by atoms with van der Waals surface area (Å²) in [6, 6.07) is 11.3. The first kappa shape index (κ1) is 33.8. The number of aromatic amines is 1. The molecule has 0 radical (unpaired) electrons. The highest BCUT2D eigenvalue weighted by Crippen LogP contribution is 2.38. The maximum atomic E-state index is 16.7. The van der Waals surface area contributed by atoms with E-state index in [-0.39, 0.29) is 30.3 Å². The van der Waals surface area contributed by atoms with Gasteiger partial charge in [0.15, 0.2) is 5.82 Å². The molecule has 0 atom stereocenters. The van der Waals surface area contributed by atoms with Gasteiger partial charge in [-0.15, -0.1) is 5.10 Å². The summed E-state index contributed by atoms with van der Waals surface area (Å²) in [5.41, 5.74) is 1.89. The molecule has 4 aromatic rings. The quantitative estimate of drug-likeness (QED) is 0.279. The Balaban J connectivity index is 1.18. The lowest BCUT2D eigenvalue weighted by Crippen LogP contribution is -2.49. The van der Waals surface area contributed by atoms with Gasteiger partial charge in [0.2, 0.25) is 5.91 Å². The van der Waals surface area contributed by atoms with E-state index in [1.165, 1.54) is 0 Å². The van der Waals surface area contributed by atoms with Gasteiger partial charge in [-0.3, -0.25) is 14.3 Å². The number of nitrogens with one attached hydrogen (secondary N) is 1. The maximum Gasteiger partial charge on any atom is 0.495 e. The lowest BCUT2D eigenvalue weighted by molar-refractivity contribution is -0.131. The molecule has 12 nitrogen and oxygen atoms in total. The van der Waals surface area contributed by atoms with Crippen molar-refractivity contribution in [2.24, 2.45) is 0 Å². The molecule has 2 saturated heterocycles. The second-order valence-electron chi connectivity index (χ2n) is 14.1. The van der Waals surface area contributed by atoms with Gasteiger partial charge in [0.25, 0.3) is 5.91 Å². The molecule has 0 unspecified atom stereocenters. The summed E-state index contributed by atoms with van der Waals surface area (Å²) in [5.74, 6) is 0.0558. The van der Waals surface area contributed by atoms with Crippen molar-refractivity contribution in [1.82, 2.24) is 29.8 Å². The molecule has 7 rings (SSSR count). The molecule has 3 aliphatic heterocycles. The van der Waals surface area contributed by atoms with Gasteiger partial charge in [-0.2, -0.15) is 0 Å². The number of aromatic nitrogens is 4. The molecule has 0 aliphatic carbocycles. The van der Waals surface area contributed by atoms with Gasteiger partial charge in [-0.25, -0.2) is 4.39 Å². The fourth-order valence-electron chi connectivity index (χ4n) is 6.88. The van der Waals surface area contributed by atoms with Crippen molar-refractivity contribution >= 4 is 46.6 Å². The largest absolute Gasteiger partial charge is 0.495 e. The molecule has 14 heteroatoms. The smallest absolute Gasteiger partial charge is 0.495 e. The highest BCUT2D eigenvalue weighted by atomic mass is 19.1. The van der Waals surface area contributed by atoms with Crippen molar-refractivity contribution in [3.8, 4) is 5.75 Å². The van der Waals surface area contributed by atoms with Crippen LogP contribution in [0.1, 0.15) is 56.6 Å². The Bertz CT molecular complexity index is 1920. The number of anilines is 1. The normalized spacial score (nSPS) is 18.9. The van der Waals surface area contributed by atoms with Gasteiger partial charge in [0.1, 0.15) is 11.4 Å². The van der Waals surface area contributed by atoms with Gasteiger partial charge in [0.05, 0.1) is 42.3 Å². The number of para-hydroxylation sites is 2. The van der Waals surface area contributed by atoms with Crippen LogP contribution < -0.4 is 15.1 Å². The third-order valence-corrected chi connectivity index (χ3v) is 10.5. The van der Waals surface area contributed by atoms with Crippen LogP contribution in [0.2, 0.25) is 0 Å². The number of fused-ring (bicyclic) bond motifs is 1. The fraction of sp³-hybridized carbons (Fsp3) is 0.444. The van der Waals surface area contributed by atoms with Crippen LogP contribution in [-0.4, -0.2) is 106 Å². The number of hydrogen-bond donors (Lipinski definition) is 1. The van der Waals surface area contributed by atoms with Crippen molar-refractivity contribution in [3.63, 3.8) is 0 Å². The number of benzene rings is 2. The Morgan fingerprint density at radius 2 is 1.76 bits per heavy atom. The monoisotopic (exact) mass is 683 g/mol. The van der Waals surface area contributed by atoms with E-state index in [2.05, 4.69) is 20.2 Å². The number of nitrogens with zero attached hydrogens (tertiary/aromatic N) is 6. The minimum absolute atomic E-state index is 0.0441. The number of methoxy groups -OCH3 is 1. The van der Waals surface area contributed by atoms with Crippen molar-refractivity contribution in [3.05, 3.63) is 71.9 Å². The molecule has 0 saturated carbocycles. The minimum atomic E-state index is -0.797. The first-order valence-corrected chi connectivity index (χ1v) is 17.1. The molecule has 2 aromatic carbocycles. The Kier molecular flexibility index (Phi) is 8.93. The Morgan fingerprint density at radius 3 is 2.46 bits per heavy atom. The van der Waals surface area contributed by atoms with Gasteiger partial charge < -0.3 is 33.7 Å². The molecule has 50 heavy (non-hydrogen) atoms. The maximum absolute atomic E-state index is 16.7. The molecule has 5 heterocycles. The van der Waals surface area contributed by atoms with Crippen molar-refractivity contribution in [2.45, 2.75) is 58.3 Å². The Hall–Kier alpha value is -4.69. The summed E-state index contributed by atoms with van der Waals surface area (Å²) < 4.78 is 36.8. The number of amides is 2. The van der Waals surface area contributed by atoms with Crippen LogP contribution in [0, 0.1) is 5.82 Å². The molecular formula is C36H43BFN7O5. The Morgan fingerprint density at radius 1 is 1.02 bits per heavy atom. The van der Waals surface area contributed by atoms with Crippen LogP contribution in [0.4, 0.5) is 10.1 Å². The summed E-state index contributed by atoms with van der Waals surface area (Å²) in [6.07, 6.45) is 6.12. The molecule has 2 aromatic heterocycles. The number of hydrogen-bond acceptors (Lipinski definition) is 8. The van der Waals surface area contributed by atoms with Gasteiger partial charge in [-0.1, -0.05) is 29.5 Å². The first-order chi connectivity index (χ1) is 24.0. The summed E-state index contributed by atoms with van der Waals surface area (Å²) in [5, 5.41) is 8.27. The van der Waals surface area contributed by atoms with E-state index >= 15 is 4.39 Å². The first-order valence-electron chi connectivity index (χ1n) is 17.1. The highest BCUT2D eigenvalue weighted by molar-refractivity contribution is 6.65. The van der Waals surface area contributed by atoms with Crippen LogP contribution >= 0.6 is 0 Å². The topological polar surface area (TPSA) is 118 Å². The lowest BCUT2D eigenvalue weighted by Gasteiger charge is -2.36. The van der Waals surface area contributed by atoms with Gasteiger partial charge in [-0.05, 0) is 63.4 Å².